The van der Waals surface area contributed by atoms with Gasteiger partial charge in [-0.1, -0.05) is 11.8 Å². The van der Waals surface area contributed by atoms with Crippen molar-refractivity contribution in [2.75, 3.05) is 0 Å². The second-order valence-corrected chi connectivity index (χ2v) is 7.89. The number of hydrogen-bond acceptors (Lipinski definition) is 5. The summed E-state index contributed by atoms with van der Waals surface area (Å²) in [5.41, 5.74) is -1.15. The maximum atomic E-state index is 12.9. The zero-order valence-electron chi connectivity index (χ0n) is 14.5. The first-order valence-electron chi connectivity index (χ1n) is 7.58. The molecule has 0 aliphatic heterocycles. The number of amides is 3. The molecule has 0 aliphatic carbocycles. The van der Waals surface area contributed by atoms with Gasteiger partial charge in [0.15, 0.2) is 10.8 Å². The van der Waals surface area contributed by atoms with Gasteiger partial charge < -0.3 is 5.32 Å². The van der Waals surface area contributed by atoms with Crippen LogP contribution in [0.2, 0.25) is 0 Å². The number of aromatic nitrogens is 3. The fraction of sp³-hybridized carbons (Fsp3) is 0.467. The Morgan fingerprint density at radius 1 is 1.19 bits per heavy atom. The lowest BCUT2D eigenvalue weighted by atomic mass is 10.1. The maximum Gasteiger partial charge on any atom is 0.417 e. The third kappa shape index (κ3) is 5.10. The number of hydrogen-bond donors (Lipinski definition) is 2. The van der Waals surface area contributed by atoms with Crippen molar-refractivity contribution in [3.63, 3.8) is 0 Å². The number of rotatable bonds is 3. The molecule has 11 heteroatoms. The fourth-order valence-corrected chi connectivity index (χ4v) is 2.74. The molecule has 26 heavy (non-hydrogen) atoms. The Balaban J connectivity index is 2.12. The number of imide groups is 1. The van der Waals surface area contributed by atoms with Crippen LogP contribution < -0.4 is 10.6 Å². The van der Waals surface area contributed by atoms with E-state index in [-0.39, 0.29) is 10.8 Å². The molecule has 2 aromatic rings. The van der Waals surface area contributed by atoms with E-state index in [9.17, 15) is 22.8 Å². The van der Waals surface area contributed by atoms with E-state index in [1.54, 1.807) is 20.8 Å². The fourth-order valence-electron chi connectivity index (χ4n) is 1.91. The van der Waals surface area contributed by atoms with Gasteiger partial charge in [0.25, 0.3) is 0 Å². The summed E-state index contributed by atoms with van der Waals surface area (Å²) >= 11 is 0.897. The molecule has 2 N–H and O–H groups in total. The molecule has 2 heterocycles. The van der Waals surface area contributed by atoms with Crippen LogP contribution in [0.1, 0.15) is 33.3 Å². The van der Waals surface area contributed by atoms with Crippen molar-refractivity contribution in [1.29, 1.82) is 0 Å². The van der Waals surface area contributed by atoms with Crippen LogP contribution in [0.4, 0.5) is 18.0 Å². The van der Waals surface area contributed by atoms with Crippen molar-refractivity contribution >= 4 is 29.3 Å². The summed E-state index contributed by atoms with van der Waals surface area (Å²) in [5.74, 6) is -0.597. The van der Waals surface area contributed by atoms with E-state index in [2.05, 4.69) is 20.8 Å². The normalized spacial score (nSPS) is 13.5. The van der Waals surface area contributed by atoms with Gasteiger partial charge in [0, 0.05) is 11.7 Å². The van der Waals surface area contributed by atoms with E-state index in [0.29, 0.717) is 0 Å². The number of thioether (sulfide) groups is 1. The average molecular weight is 389 g/mol. The molecule has 0 aliphatic rings. The van der Waals surface area contributed by atoms with Gasteiger partial charge in [-0.25, -0.2) is 4.79 Å². The molecule has 1 unspecified atom stereocenters. The number of alkyl halides is 3. The van der Waals surface area contributed by atoms with Gasteiger partial charge in [-0.15, -0.1) is 10.2 Å². The van der Waals surface area contributed by atoms with Gasteiger partial charge in [-0.05, 0) is 39.8 Å². The SMILES string of the molecule is CC(Sc1nnc2ccc(C(F)(F)F)cn12)C(=O)NC(=O)NC(C)(C)C. The third-order valence-electron chi connectivity index (χ3n) is 3.08. The summed E-state index contributed by atoms with van der Waals surface area (Å²) in [6.07, 6.45) is -3.64. The highest BCUT2D eigenvalue weighted by Gasteiger charge is 2.31. The summed E-state index contributed by atoms with van der Waals surface area (Å²) in [7, 11) is 0. The van der Waals surface area contributed by atoms with Gasteiger partial charge in [0.2, 0.25) is 5.91 Å². The van der Waals surface area contributed by atoms with Crippen LogP contribution in [0, 0.1) is 0 Å². The Bertz CT molecular complexity index is 829. The average Bonchev–Trinajstić information content (AvgIpc) is 2.86. The Hall–Kier alpha value is -2.30. The molecule has 7 nitrogen and oxygen atoms in total. The number of nitrogens with zero attached hydrogens (tertiary/aromatic N) is 3. The summed E-state index contributed by atoms with van der Waals surface area (Å²) in [5, 5.41) is 11.7. The lowest BCUT2D eigenvalue weighted by Crippen LogP contribution is -2.49. The molecule has 0 aromatic carbocycles. The monoisotopic (exact) mass is 389 g/mol. The molecule has 3 amide bonds. The third-order valence-corrected chi connectivity index (χ3v) is 4.13. The van der Waals surface area contributed by atoms with Crippen molar-refractivity contribution in [3.8, 4) is 0 Å². The minimum Gasteiger partial charge on any atom is -0.333 e. The minimum absolute atomic E-state index is 0.116. The highest BCUT2D eigenvalue weighted by molar-refractivity contribution is 8.00. The first kappa shape index (κ1) is 20.0. The summed E-state index contributed by atoms with van der Waals surface area (Å²) in [6, 6.07) is 1.45. The van der Waals surface area contributed by atoms with Crippen LogP contribution in [0.5, 0.6) is 0 Å². The van der Waals surface area contributed by atoms with E-state index >= 15 is 0 Å². The smallest absolute Gasteiger partial charge is 0.333 e. The number of nitrogens with one attached hydrogen (secondary N) is 2. The van der Waals surface area contributed by atoms with Crippen molar-refractivity contribution < 1.29 is 22.8 Å². The van der Waals surface area contributed by atoms with Crippen LogP contribution >= 0.6 is 11.8 Å². The highest BCUT2D eigenvalue weighted by Crippen LogP contribution is 2.30. The van der Waals surface area contributed by atoms with Crippen molar-refractivity contribution in [3.05, 3.63) is 23.9 Å². The largest absolute Gasteiger partial charge is 0.417 e. The van der Waals surface area contributed by atoms with Gasteiger partial charge >= 0.3 is 12.2 Å². The molecule has 0 radical (unpaired) electrons. The Kier molecular flexibility index (Phi) is 5.49. The van der Waals surface area contributed by atoms with Crippen LogP contribution in [0.15, 0.2) is 23.5 Å². The van der Waals surface area contributed by atoms with E-state index in [4.69, 9.17) is 0 Å². The molecule has 0 saturated carbocycles. The predicted molar refractivity (Wildman–Crippen MR) is 89.7 cm³/mol. The molecular formula is C15H18F3N5O2S. The van der Waals surface area contributed by atoms with Crippen LogP contribution in [0.25, 0.3) is 5.65 Å². The molecule has 1 atom stereocenters. The zero-order chi connectivity index (χ0) is 19.7. The molecular weight excluding hydrogens is 371 g/mol. The van der Waals surface area contributed by atoms with Crippen LogP contribution in [-0.2, 0) is 11.0 Å². The summed E-state index contributed by atoms with van der Waals surface area (Å²) in [4.78, 5) is 23.8. The van der Waals surface area contributed by atoms with E-state index < -0.39 is 34.5 Å². The van der Waals surface area contributed by atoms with Crippen molar-refractivity contribution in [2.45, 2.75) is 49.8 Å². The zero-order valence-corrected chi connectivity index (χ0v) is 15.3. The number of carbonyl (C=O) groups excluding carboxylic acids is 2. The van der Waals surface area contributed by atoms with Crippen molar-refractivity contribution in [1.82, 2.24) is 25.2 Å². The van der Waals surface area contributed by atoms with Crippen LogP contribution in [0.3, 0.4) is 0 Å². The topological polar surface area (TPSA) is 88.4 Å². The van der Waals surface area contributed by atoms with E-state index in [1.165, 1.54) is 13.0 Å². The number of urea groups is 1. The molecule has 0 bridgehead atoms. The van der Waals surface area contributed by atoms with Gasteiger partial charge in [-0.2, -0.15) is 13.2 Å². The maximum absolute atomic E-state index is 12.9. The predicted octanol–water partition coefficient (Wildman–Crippen LogP) is 2.85. The summed E-state index contributed by atoms with van der Waals surface area (Å²) < 4.78 is 39.7. The molecule has 0 fully saturated rings. The van der Waals surface area contributed by atoms with Crippen LogP contribution in [-0.4, -0.2) is 37.3 Å². The second kappa shape index (κ2) is 7.14. The first-order valence-corrected chi connectivity index (χ1v) is 8.46. The molecule has 2 aromatic heterocycles. The standard InChI is InChI=1S/C15H18F3N5O2S/c1-8(11(24)19-12(25)20-14(2,3)4)26-13-22-21-10-6-5-9(7-23(10)13)15(16,17)18/h5-8H,1-4H3,(H2,19,20,24,25). The number of halogens is 3. The lowest BCUT2D eigenvalue weighted by Gasteiger charge is -2.21. The molecule has 142 valence electrons. The second-order valence-electron chi connectivity index (χ2n) is 6.58. The van der Waals surface area contributed by atoms with E-state index in [0.717, 1.165) is 28.4 Å². The first-order chi connectivity index (χ1) is 11.9. The van der Waals surface area contributed by atoms with Crippen molar-refractivity contribution in [2.24, 2.45) is 0 Å². The minimum atomic E-state index is -4.51. The van der Waals surface area contributed by atoms with E-state index in [1.807, 2.05) is 0 Å². The Morgan fingerprint density at radius 2 is 1.85 bits per heavy atom. The Labute approximate surface area is 151 Å². The van der Waals surface area contributed by atoms with Gasteiger partial charge in [0.1, 0.15) is 0 Å². The molecule has 0 spiro atoms. The highest BCUT2D eigenvalue weighted by atomic mass is 32.2. The quantitative estimate of drug-likeness (QED) is 0.788. The summed E-state index contributed by atoms with van der Waals surface area (Å²) in [6.45, 7) is 6.79. The molecule has 2 rings (SSSR count). The number of carbonyl (C=O) groups is 2. The lowest BCUT2D eigenvalue weighted by molar-refractivity contribution is -0.137. The van der Waals surface area contributed by atoms with Gasteiger partial charge in [-0.3, -0.25) is 14.5 Å². The number of fused-ring (bicyclic) bond motifs is 1. The van der Waals surface area contributed by atoms with Gasteiger partial charge in [0.05, 0.1) is 10.8 Å². The molecule has 0 saturated heterocycles. The Morgan fingerprint density at radius 3 is 2.42 bits per heavy atom. The number of pyridine rings is 1.